The maximum atomic E-state index is 13.8. The highest BCUT2D eigenvalue weighted by atomic mass is 16.6. The molecule has 0 saturated carbocycles. The summed E-state index contributed by atoms with van der Waals surface area (Å²) in [4.78, 5) is 41.4. The van der Waals surface area contributed by atoms with Gasteiger partial charge in [0.05, 0.1) is 0 Å². The summed E-state index contributed by atoms with van der Waals surface area (Å²) in [6, 6.07) is 4.16. The second kappa shape index (κ2) is 11.7. The number of benzene rings is 1. The lowest BCUT2D eigenvalue weighted by molar-refractivity contribution is -0.148. The SMILES string of the molecule is CCCC(C)NC(=O)C(c1cc(C)cc(C)c1)N(C(=O)C(C)NC(=O)OC(C)(C)C)C(C)(C)C. The van der Waals surface area contributed by atoms with Crippen molar-refractivity contribution in [2.24, 2.45) is 0 Å². The second-order valence-corrected chi connectivity index (χ2v) is 11.3. The molecule has 2 N–H and O–H groups in total. The van der Waals surface area contributed by atoms with Gasteiger partial charge in [-0.3, -0.25) is 9.59 Å². The quantitative estimate of drug-likeness (QED) is 0.542. The van der Waals surface area contributed by atoms with Crippen LogP contribution in [0.5, 0.6) is 0 Å². The summed E-state index contributed by atoms with van der Waals surface area (Å²) in [7, 11) is 0. The van der Waals surface area contributed by atoms with Crippen molar-refractivity contribution in [2.45, 2.75) is 118 Å². The van der Waals surface area contributed by atoms with E-state index in [1.807, 2.05) is 59.7 Å². The fourth-order valence-electron chi connectivity index (χ4n) is 4.01. The Labute approximate surface area is 206 Å². The molecule has 34 heavy (non-hydrogen) atoms. The van der Waals surface area contributed by atoms with Crippen LogP contribution >= 0.6 is 0 Å². The molecule has 0 saturated heterocycles. The van der Waals surface area contributed by atoms with Crippen LogP contribution in [0, 0.1) is 13.8 Å². The van der Waals surface area contributed by atoms with E-state index in [4.69, 9.17) is 4.74 Å². The Balaban J connectivity index is 3.46. The Kier molecular flexibility index (Phi) is 10.2. The molecule has 0 heterocycles. The molecule has 0 fully saturated rings. The van der Waals surface area contributed by atoms with Crippen molar-refractivity contribution in [2.75, 3.05) is 0 Å². The predicted molar refractivity (Wildman–Crippen MR) is 137 cm³/mol. The zero-order chi connectivity index (χ0) is 26.4. The second-order valence-electron chi connectivity index (χ2n) is 11.3. The number of hydrogen-bond donors (Lipinski definition) is 2. The van der Waals surface area contributed by atoms with Crippen molar-refractivity contribution in [3.63, 3.8) is 0 Å². The maximum absolute atomic E-state index is 13.8. The molecule has 3 atom stereocenters. The first-order valence-corrected chi connectivity index (χ1v) is 12.2. The van der Waals surface area contributed by atoms with E-state index in [1.165, 1.54) is 0 Å². The van der Waals surface area contributed by atoms with Gasteiger partial charge in [-0.1, -0.05) is 42.7 Å². The van der Waals surface area contributed by atoms with E-state index < -0.39 is 29.3 Å². The summed E-state index contributed by atoms with van der Waals surface area (Å²) < 4.78 is 5.33. The van der Waals surface area contributed by atoms with Crippen LogP contribution in [-0.2, 0) is 14.3 Å². The van der Waals surface area contributed by atoms with Crippen molar-refractivity contribution in [3.05, 3.63) is 34.9 Å². The van der Waals surface area contributed by atoms with E-state index in [9.17, 15) is 14.4 Å². The van der Waals surface area contributed by atoms with Gasteiger partial charge in [-0.2, -0.15) is 0 Å². The van der Waals surface area contributed by atoms with Crippen LogP contribution in [0.2, 0.25) is 0 Å². The van der Waals surface area contributed by atoms with E-state index in [0.29, 0.717) is 0 Å². The Morgan fingerprint density at radius 1 is 0.941 bits per heavy atom. The van der Waals surface area contributed by atoms with Gasteiger partial charge in [0.15, 0.2) is 0 Å². The van der Waals surface area contributed by atoms with E-state index in [-0.39, 0.29) is 17.9 Å². The summed E-state index contributed by atoms with van der Waals surface area (Å²) in [5.74, 6) is -0.598. The van der Waals surface area contributed by atoms with E-state index >= 15 is 0 Å². The monoisotopic (exact) mass is 475 g/mol. The zero-order valence-corrected chi connectivity index (χ0v) is 23.0. The summed E-state index contributed by atoms with van der Waals surface area (Å²) in [5, 5.41) is 5.73. The van der Waals surface area contributed by atoms with Gasteiger partial charge in [-0.25, -0.2) is 4.79 Å². The van der Waals surface area contributed by atoms with E-state index in [0.717, 1.165) is 29.5 Å². The molecule has 7 nitrogen and oxygen atoms in total. The first-order valence-electron chi connectivity index (χ1n) is 12.2. The van der Waals surface area contributed by atoms with Crippen LogP contribution < -0.4 is 10.6 Å². The molecule has 1 aromatic carbocycles. The normalized spacial score (nSPS) is 14.6. The van der Waals surface area contributed by atoms with Crippen LogP contribution in [0.25, 0.3) is 0 Å². The molecule has 0 aliphatic carbocycles. The van der Waals surface area contributed by atoms with Gasteiger partial charge in [0.25, 0.3) is 0 Å². The lowest BCUT2D eigenvalue weighted by Crippen LogP contribution is -2.58. The van der Waals surface area contributed by atoms with Crippen LogP contribution in [0.15, 0.2) is 18.2 Å². The highest BCUT2D eigenvalue weighted by Gasteiger charge is 2.41. The fourth-order valence-corrected chi connectivity index (χ4v) is 4.01. The van der Waals surface area contributed by atoms with Crippen molar-refractivity contribution in [3.8, 4) is 0 Å². The Morgan fingerprint density at radius 2 is 1.47 bits per heavy atom. The van der Waals surface area contributed by atoms with Crippen LogP contribution in [0.1, 0.15) is 97.9 Å². The standard InChI is InChI=1S/C27H45N3O4/c1-12-13-19(4)28-23(31)22(21-15-17(2)14-18(3)16-21)30(26(6,7)8)24(32)20(5)29-25(33)34-27(9,10)11/h14-16,19-20,22H,12-13H2,1-11H3,(H,28,31)(H,29,33). The fraction of sp³-hybridized carbons (Fsp3) is 0.667. The van der Waals surface area contributed by atoms with Gasteiger partial charge in [-0.15, -0.1) is 0 Å². The van der Waals surface area contributed by atoms with Crippen molar-refractivity contribution in [1.82, 2.24) is 15.5 Å². The van der Waals surface area contributed by atoms with Crippen molar-refractivity contribution < 1.29 is 19.1 Å². The van der Waals surface area contributed by atoms with Gasteiger partial charge in [0, 0.05) is 11.6 Å². The van der Waals surface area contributed by atoms with Gasteiger partial charge < -0.3 is 20.3 Å². The number of alkyl carbamates (subject to hydrolysis) is 1. The molecule has 0 aliphatic rings. The van der Waals surface area contributed by atoms with Crippen molar-refractivity contribution >= 4 is 17.9 Å². The summed E-state index contributed by atoms with van der Waals surface area (Å²) >= 11 is 0. The Bertz CT molecular complexity index is 847. The molecule has 0 bridgehead atoms. The van der Waals surface area contributed by atoms with Crippen LogP contribution in [0.3, 0.4) is 0 Å². The molecular formula is C27H45N3O4. The first-order chi connectivity index (χ1) is 15.5. The number of carbonyl (C=O) groups is 3. The number of nitrogens with one attached hydrogen (secondary N) is 2. The molecule has 1 rings (SSSR count). The number of aryl methyl sites for hydroxylation is 2. The summed E-state index contributed by atoms with van der Waals surface area (Å²) in [6.07, 6.45) is 1.10. The number of nitrogens with zero attached hydrogens (tertiary/aromatic N) is 1. The molecule has 0 spiro atoms. The third kappa shape index (κ3) is 8.99. The van der Waals surface area contributed by atoms with Gasteiger partial charge in [0.1, 0.15) is 17.7 Å². The minimum Gasteiger partial charge on any atom is -0.444 e. The highest BCUT2D eigenvalue weighted by Crippen LogP contribution is 2.31. The van der Waals surface area contributed by atoms with Gasteiger partial charge >= 0.3 is 6.09 Å². The number of carbonyl (C=O) groups excluding carboxylic acids is 3. The summed E-state index contributed by atoms with van der Waals surface area (Å²) in [5.41, 5.74) is 1.37. The molecule has 0 radical (unpaired) electrons. The maximum Gasteiger partial charge on any atom is 0.408 e. The molecule has 7 heteroatoms. The first kappa shape index (κ1) is 29.5. The molecule has 0 aliphatic heterocycles. The lowest BCUT2D eigenvalue weighted by atomic mass is 9.93. The van der Waals surface area contributed by atoms with Gasteiger partial charge in [0.2, 0.25) is 11.8 Å². The third-order valence-electron chi connectivity index (χ3n) is 5.24. The molecule has 3 amide bonds. The largest absolute Gasteiger partial charge is 0.444 e. The minimum absolute atomic E-state index is 0.0276. The topological polar surface area (TPSA) is 87.7 Å². The van der Waals surface area contributed by atoms with Crippen molar-refractivity contribution in [1.29, 1.82) is 0 Å². The minimum atomic E-state index is -0.886. The number of hydrogen-bond acceptors (Lipinski definition) is 4. The van der Waals surface area contributed by atoms with Gasteiger partial charge in [-0.05, 0) is 81.2 Å². The molecule has 1 aromatic rings. The number of rotatable bonds is 8. The average molecular weight is 476 g/mol. The molecule has 3 unspecified atom stereocenters. The predicted octanol–water partition coefficient (Wildman–Crippen LogP) is 5.19. The molecule has 0 aromatic heterocycles. The average Bonchev–Trinajstić information content (AvgIpc) is 2.61. The molecular weight excluding hydrogens is 430 g/mol. The zero-order valence-electron chi connectivity index (χ0n) is 23.0. The lowest BCUT2D eigenvalue weighted by Gasteiger charge is -2.43. The van der Waals surface area contributed by atoms with Crippen LogP contribution in [-0.4, -0.2) is 46.0 Å². The summed E-state index contributed by atoms with van der Waals surface area (Å²) in [6.45, 7) is 20.6. The molecule has 192 valence electrons. The smallest absolute Gasteiger partial charge is 0.408 e. The Morgan fingerprint density at radius 3 is 1.91 bits per heavy atom. The highest BCUT2D eigenvalue weighted by molar-refractivity contribution is 5.92. The van der Waals surface area contributed by atoms with E-state index in [1.54, 1.807) is 32.6 Å². The Hall–Kier alpha value is -2.57. The number of amides is 3. The third-order valence-corrected chi connectivity index (χ3v) is 5.24. The van der Waals surface area contributed by atoms with E-state index in [2.05, 4.69) is 17.6 Å². The number of ether oxygens (including phenoxy) is 1. The van der Waals surface area contributed by atoms with Crippen LogP contribution in [0.4, 0.5) is 4.79 Å².